The zero-order valence-electron chi connectivity index (χ0n) is 12.6. The normalized spacial score (nSPS) is 11.6. The van der Waals surface area contributed by atoms with Gasteiger partial charge in [-0.2, -0.15) is 0 Å². The molecule has 0 amide bonds. The highest BCUT2D eigenvalue weighted by molar-refractivity contribution is 6.31. The lowest BCUT2D eigenvalue weighted by Crippen LogP contribution is -2.32. The van der Waals surface area contributed by atoms with Crippen LogP contribution in [0.1, 0.15) is 11.1 Å². The van der Waals surface area contributed by atoms with E-state index in [9.17, 15) is 9.59 Å². The second-order valence-corrected chi connectivity index (χ2v) is 5.43. The summed E-state index contributed by atoms with van der Waals surface area (Å²) >= 11 is 5.96. The molecule has 2 aromatic rings. The van der Waals surface area contributed by atoms with Gasteiger partial charge in [-0.25, -0.2) is 4.79 Å². The van der Waals surface area contributed by atoms with E-state index in [1.807, 2.05) is 0 Å². The molecule has 0 saturated carbocycles. The van der Waals surface area contributed by atoms with Crippen LogP contribution in [-0.4, -0.2) is 23.3 Å². The standard InChI is InChI=1S/C17H16ClNO5/c18-14-4-2-1-3-12(14)10-23-17(22)24-13-7-5-11(6-8-13)9-15(19)16(20)21/h1-8,15H,9-10,19H2,(H,20,21). The number of ether oxygens (including phenoxy) is 2. The third-order valence-corrected chi connectivity index (χ3v) is 3.57. The van der Waals surface area contributed by atoms with Crippen LogP contribution in [0.3, 0.4) is 0 Å². The molecule has 0 spiro atoms. The molecule has 0 bridgehead atoms. The third kappa shape index (κ3) is 5.26. The van der Waals surface area contributed by atoms with Crippen molar-refractivity contribution < 1.29 is 24.2 Å². The van der Waals surface area contributed by atoms with E-state index in [-0.39, 0.29) is 18.8 Å². The fraction of sp³-hybridized carbons (Fsp3) is 0.176. The number of hydrogen-bond acceptors (Lipinski definition) is 5. The van der Waals surface area contributed by atoms with Gasteiger partial charge in [0.1, 0.15) is 18.4 Å². The van der Waals surface area contributed by atoms with Crippen molar-refractivity contribution in [2.75, 3.05) is 0 Å². The Kier molecular flexibility index (Phi) is 6.17. The molecule has 7 heteroatoms. The monoisotopic (exact) mass is 349 g/mol. The summed E-state index contributed by atoms with van der Waals surface area (Å²) in [5.74, 6) is -0.787. The van der Waals surface area contributed by atoms with Crippen molar-refractivity contribution in [3.05, 3.63) is 64.7 Å². The molecule has 0 aliphatic heterocycles. The molecule has 1 atom stereocenters. The van der Waals surface area contributed by atoms with Crippen LogP contribution in [0.25, 0.3) is 0 Å². The van der Waals surface area contributed by atoms with Crippen molar-refractivity contribution in [3.8, 4) is 5.75 Å². The zero-order chi connectivity index (χ0) is 17.5. The van der Waals surface area contributed by atoms with Gasteiger partial charge >= 0.3 is 12.1 Å². The molecule has 0 radical (unpaired) electrons. The van der Waals surface area contributed by atoms with Gasteiger partial charge in [-0.05, 0) is 30.2 Å². The number of rotatable bonds is 6. The maximum atomic E-state index is 11.7. The first-order chi connectivity index (χ1) is 11.5. The molecule has 0 aliphatic carbocycles. The summed E-state index contributed by atoms with van der Waals surface area (Å²) in [6.45, 7) is 0.00402. The Bertz CT molecular complexity index is 717. The van der Waals surface area contributed by atoms with Crippen LogP contribution < -0.4 is 10.5 Å². The highest BCUT2D eigenvalue weighted by Gasteiger charge is 2.13. The Morgan fingerprint density at radius 3 is 2.42 bits per heavy atom. The van der Waals surface area contributed by atoms with Gasteiger partial charge in [0.2, 0.25) is 0 Å². The molecule has 2 rings (SSSR count). The maximum Gasteiger partial charge on any atom is 0.514 e. The van der Waals surface area contributed by atoms with Gasteiger partial charge in [-0.1, -0.05) is 41.9 Å². The molecule has 2 aromatic carbocycles. The smallest absolute Gasteiger partial charge is 0.480 e. The van der Waals surface area contributed by atoms with E-state index in [0.717, 1.165) is 5.56 Å². The number of carbonyl (C=O) groups is 2. The summed E-state index contributed by atoms with van der Waals surface area (Å²) in [6, 6.07) is 12.4. The Balaban J connectivity index is 1.86. The van der Waals surface area contributed by atoms with E-state index >= 15 is 0 Å². The van der Waals surface area contributed by atoms with E-state index in [0.29, 0.717) is 10.6 Å². The number of carboxylic acids is 1. The summed E-state index contributed by atoms with van der Waals surface area (Å²) in [5, 5.41) is 9.27. The summed E-state index contributed by atoms with van der Waals surface area (Å²) < 4.78 is 10.0. The van der Waals surface area contributed by atoms with Crippen LogP contribution in [0.5, 0.6) is 5.75 Å². The quantitative estimate of drug-likeness (QED) is 0.614. The van der Waals surface area contributed by atoms with Gasteiger partial charge in [0.15, 0.2) is 0 Å². The molecule has 126 valence electrons. The highest BCUT2D eigenvalue weighted by Crippen LogP contribution is 2.17. The van der Waals surface area contributed by atoms with Gasteiger partial charge < -0.3 is 20.3 Å². The van der Waals surface area contributed by atoms with Crippen LogP contribution in [0.15, 0.2) is 48.5 Å². The number of carboxylic acid groups (broad SMARTS) is 1. The first kappa shape index (κ1) is 17.8. The van der Waals surface area contributed by atoms with E-state index in [2.05, 4.69) is 0 Å². The van der Waals surface area contributed by atoms with Gasteiger partial charge in [0, 0.05) is 10.6 Å². The van der Waals surface area contributed by atoms with Crippen LogP contribution in [0.2, 0.25) is 5.02 Å². The second kappa shape index (κ2) is 8.33. The molecular formula is C17H16ClNO5. The van der Waals surface area contributed by atoms with E-state index in [1.54, 1.807) is 48.5 Å². The van der Waals surface area contributed by atoms with Crippen LogP contribution in [0, 0.1) is 0 Å². The molecular weight excluding hydrogens is 334 g/mol. The fourth-order valence-electron chi connectivity index (χ4n) is 1.91. The lowest BCUT2D eigenvalue weighted by atomic mass is 10.1. The predicted octanol–water partition coefficient (Wildman–Crippen LogP) is 3.01. The van der Waals surface area contributed by atoms with Crippen molar-refractivity contribution in [1.29, 1.82) is 0 Å². The summed E-state index contributed by atoms with van der Waals surface area (Å²) in [5.41, 5.74) is 6.86. The fourth-order valence-corrected chi connectivity index (χ4v) is 2.10. The van der Waals surface area contributed by atoms with Crippen LogP contribution in [0.4, 0.5) is 4.79 Å². The first-order valence-corrected chi connectivity index (χ1v) is 7.49. The van der Waals surface area contributed by atoms with Crippen molar-refractivity contribution in [3.63, 3.8) is 0 Å². The molecule has 0 saturated heterocycles. The molecule has 3 N–H and O–H groups in total. The summed E-state index contributed by atoms with van der Waals surface area (Å²) in [4.78, 5) is 22.4. The third-order valence-electron chi connectivity index (χ3n) is 3.20. The number of benzene rings is 2. The zero-order valence-corrected chi connectivity index (χ0v) is 13.4. The number of halogens is 1. The molecule has 0 fully saturated rings. The molecule has 1 unspecified atom stereocenters. The lowest BCUT2D eigenvalue weighted by Gasteiger charge is -2.09. The summed E-state index contributed by atoms with van der Waals surface area (Å²) in [7, 11) is 0. The molecule has 6 nitrogen and oxygen atoms in total. The first-order valence-electron chi connectivity index (χ1n) is 7.11. The topological polar surface area (TPSA) is 98.9 Å². The SMILES string of the molecule is NC(Cc1ccc(OC(=O)OCc2ccccc2Cl)cc1)C(=O)O. The Morgan fingerprint density at radius 2 is 1.79 bits per heavy atom. The lowest BCUT2D eigenvalue weighted by molar-refractivity contribution is -0.138. The van der Waals surface area contributed by atoms with Gasteiger partial charge in [0.25, 0.3) is 0 Å². The number of nitrogens with two attached hydrogens (primary N) is 1. The van der Waals surface area contributed by atoms with E-state index < -0.39 is 18.2 Å². The van der Waals surface area contributed by atoms with Crippen LogP contribution >= 0.6 is 11.6 Å². The minimum Gasteiger partial charge on any atom is -0.480 e. The second-order valence-electron chi connectivity index (χ2n) is 5.02. The van der Waals surface area contributed by atoms with Crippen molar-refractivity contribution in [1.82, 2.24) is 0 Å². The maximum absolute atomic E-state index is 11.7. The Labute approximate surface area is 143 Å². The number of hydrogen-bond donors (Lipinski definition) is 2. The van der Waals surface area contributed by atoms with Crippen molar-refractivity contribution in [2.45, 2.75) is 19.1 Å². The predicted molar refractivity (Wildman–Crippen MR) is 88.0 cm³/mol. The average Bonchev–Trinajstić information content (AvgIpc) is 2.56. The molecule has 0 aliphatic rings. The number of carbonyl (C=O) groups excluding carboxylic acids is 1. The Hall–Kier alpha value is -2.57. The van der Waals surface area contributed by atoms with E-state index in [1.165, 1.54) is 0 Å². The minimum atomic E-state index is -1.07. The van der Waals surface area contributed by atoms with Gasteiger partial charge in [0.05, 0.1) is 0 Å². The number of aliphatic carboxylic acids is 1. The average molecular weight is 350 g/mol. The summed E-state index contributed by atoms with van der Waals surface area (Å²) in [6.07, 6.45) is -0.669. The minimum absolute atomic E-state index is 0.00402. The van der Waals surface area contributed by atoms with Gasteiger partial charge in [-0.15, -0.1) is 0 Å². The molecule has 0 heterocycles. The highest BCUT2D eigenvalue weighted by atomic mass is 35.5. The van der Waals surface area contributed by atoms with E-state index in [4.69, 9.17) is 31.9 Å². The van der Waals surface area contributed by atoms with Crippen molar-refractivity contribution >= 4 is 23.7 Å². The molecule has 24 heavy (non-hydrogen) atoms. The largest absolute Gasteiger partial charge is 0.514 e. The van der Waals surface area contributed by atoms with Crippen LogP contribution in [-0.2, 0) is 22.6 Å². The molecule has 0 aromatic heterocycles. The van der Waals surface area contributed by atoms with Gasteiger partial charge in [-0.3, -0.25) is 4.79 Å². The Morgan fingerprint density at radius 1 is 1.12 bits per heavy atom. The van der Waals surface area contributed by atoms with Crippen molar-refractivity contribution in [2.24, 2.45) is 5.73 Å².